The highest BCUT2D eigenvalue weighted by Crippen LogP contribution is 2.70. The van der Waals surface area contributed by atoms with Crippen LogP contribution in [0.5, 0.6) is 0 Å². The number of hydrogen-bond donors (Lipinski definition) is 0. The van der Waals surface area contributed by atoms with Gasteiger partial charge in [-0.1, -0.05) is 68.5 Å². The molecule has 2 heterocycles. The van der Waals surface area contributed by atoms with Gasteiger partial charge in [0.05, 0.1) is 0 Å². The summed E-state index contributed by atoms with van der Waals surface area (Å²) < 4.78 is 2.99. The molecule has 4 aromatic rings. The van der Waals surface area contributed by atoms with Crippen LogP contribution in [0.25, 0.3) is 20.2 Å². The van der Waals surface area contributed by atoms with E-state index in [1.807, 2.05) is 0 Å². The standard InChI is InChI=1S/C28H28S2/c1-7-15-27(16-8-1)23-14-6-9-17-28(23,24-18-19-10-2-4-12-21(19)29-24)25-20-11-3-5-13-22(20)30-26(25)27/h2-5,10-13,18,23H,1,6-9,14-17H2/t23-,28-/m1/s1. The molecule has 2 saturated carbocycles. The number of rotatable bonds is 1. The first-order chi connectivity index (χ1) is 14.8. The molecule has 2 fully saturated rings. The zero-order valence-electron chi connectivity index (χ0n) is 17.5. The van der Waals surface area contributed by atoms with Crippen LogP contribution in [0.1, 0.15) is 73.1 Å². The lowest BCUT2D eigenvalue weighted by atomic mass is 9.56. The average Bonchev–Trinajstić information content (AvgIpc) is 3.47. The van der Waals surface area contributed by atoms with Gasteiger partial charge in [0.2, 0.25) is 0 Å². The Balaban J connectivity index is 1.58. The topological polar surface area (TPSA) is 0 Å². The highest BCUT2D eigenvalue weighted by Gasteiger charge is 2.62. The van der Waals surface area contributed by atoms with Gasteiger partial charge >= 0.3 is 0 Å². The van der Waals surface area contributed by atoms with E-state index < -0.39 is 0 Å². The van der Waals surface area contributed by atoms with Gasteiger partial charge in [-0.2, -0.15) is 0 Å². The van der Waals surface area contributed by atoms with E-state index in [0.29, 0.717) is 5.41 Å². The highest BCUT2D eigenvalue weighted by molar-refractivity contribution is 7.20. The summed E-state index contributed by atoms with van der Waals surface area (Å²) in [5, 5.41) is 3.02. The Bertz CT molecular complexity index is 1220. The van der Waals surface area contributed by atoms with E-state index in [-0.39, 0.29) is 5.41 Å². The van der Waals surface area contributed by atoms with E-state index in [1.54, 1.807) is 20.7 Å². The molecule has 0 bridgehead atoms. The molecule has 2 aromatic carbocycles. The molecule has 3 aliphatic carbocycles. The summed E-state index contributed by atoms with van der Waals surface area (Å²) in [6.45, 7) is 0. The molecule has 0 N–H and O–H groups in total. The van der Waals surface area contributed by atoms with E-state index >= 15 is 0 Å². The Kier molecular flexibility index (Phi) is 3.86. The zero-order valence-corrected chi connectivity index (χ0v) is 19.1. The van der Waals surface area contributed by atoms with Crippen molar-refractivity contribution in [2.45, 2.75) is 68.6 Å². The molecule has 2 aromatic heterocycles. The Morgan fingerprint density at radius 3 is 2.37 bits per heavy atom. The second kappa shape index (κ2) is 6.43. The number of thiophene rings is 2. The van der Waals surface area contributed by atoms with Crippen LogP contribution in [0.15, 0.2) is 54.6 Å². The summed E-state index contributed by atoms with van der Waals surface area (Å²) in [6, 6.07) is 21.0. The molecule has 0 nitrogen and oxygen atoms in total. The van der Waals surface area contributed by atoms with Crippen LogP contribution < -0.4 is 0 Å². The fourth-order valence-electron chi connectivity index (χ4n) is 7.60. The summed E-state index contributed by atoms with van der Waals surface area (Å²) in [6.07, 6.45) is 12.7. The first-order valence-electron chi connectivity index (χ1n) is 11.8. The fourth-order valence-corrected chi connectivity index (χ4v) is 10.5. The van der Waals surface area contributed by atoms with Crippen molar-refractivity contribution in [3.05, 3.63) is 69.9 Å². The third kappa shape index (κ3) is 2.17. The molecular formula is C28H28S2. The third-order valence-corrected chi connectivity index (χ3v) is 11.4. The van der Waals surface area contributed by atoms with Gasteiger partial charge in [0.15, 0.2) is 0 Å². The van der Waals surface area contributed by atoms with Gasteiger partial charge in [0.1, 0.15) is 0 Å². The normalized spacial score (nSPS) is 27.5. The average molecular weight is 429 g/mol. The maximum Gasteiger partial charge on any atom is 0.0351 e. The first-order valence-corrected chi connectivity index (χ1v) is 13.5. The molecule has 2 heteroatoms. The van der Waals surface area contributed by atoms with Crippen molar-refractivity contribution >= 4 is 42.8 Å². The molecule has 0 aliphatic heterocycles. The fraction of sp³-hybridized carbons (Fsp3) is 0.429. The molecular weight excluding hydrogens is 400 g/mol. The van der Waals surface area contributed by atoms with Gasteiger partial charge in [-0.3, -0.25) is 0 Å². The molecule has 0 saturated heterocycles. The van der Waals surface area contributed by atoms with Crippen LogP contribution in [-0.4, -0.2) is 0 Å². The molecule has 3 aliphatic rings. The van der Waals surface area contributed by atoms with E-state index in [9.17, 15) is 0 Å². The molecule has 2 atom stereocenters. The summed E-state index contributed by atoms with van der Waals surface area (Å²) in [4.78, 5) is 3.47. The SMILES string of the molecule is c1ccc2sc([C@@]34CCCC[C@@H]3C3(CCCCC3)c3sc5ccccc5c34)cc2c1. The van der Waals surface area contributed by atoms with Crippen LogP contribution in [0.2, 0.25) is 0 Å². The quantitative estimate of drug-likeness (QED) is 0.284. The summed E-state index contributed by atoms with van der Waals surface area (Å²) in [5.41, 5.74) is 2.45. The van der Waals surface area contributed by atoms with Crippen molar-refractivity contribution in [2.24, 2.45) is 5.92 Å². The summed E-state index contributed by atoms with van der Waals surface area (Å²) in [5.74, 6) is 0.804. The van der Waals surface area contributed by atoms with E-state index in [2.05, 4.69) is 77.3 Å². The van der Waals surface area contributed by atoms with Crippen molar-refractivity contribution in [1.82, 2.24) is 0 Å². The van der Waals surface area contributed by atoms with Crippen molar-refractivity contribution < 1.29 is 0 Å². The molecule has 0 radical (unpaired) electrons. The molecule has 30 heavy (non-hydrogen) atoms. The van der Waals surface area contributed by atoms with Crippen LogP contribution in [-0.2, 0) is 10.8 Å². The van der Waals surface area contributed by atoms with E-state index in [4.69, 9.17) is 0 Å². The van der Waals surface area contributed by atoms with Gasteiger partial charge in [-0.15, -0.1) is 22.7 Å². The van der Waals surface area contributed by atoms with E-state index in [0.717, 1.165) is 5.92 Å². The molecule has 0 unspecified atom stereocenters. The van der Waals surface area contributed by atoms with Gasteiger partial charge in [0.25, 0.3) is 0 Å². The minimum absolute atomic E-state index is 0.244. The molecule has 7 rings (SSSR count). The van der Waals surface area contributed by atoms with Crippen molar-refractivity contribution in [2.75, 3.05) is 0 Å². The second-order valence-corrected chi connectivity index (χ2v) is 12.1. The van der Waals surface area contributed by atoms with Crippen LogP contribution in [0, 0.1) is 5.92 Å². The van der Waals surface area contributed by atoms with Gasteiger partial charge in [-0.25, -0.2) is 0 Å². The summed E-state index contributed by atoms with van der Waals surface area (Å²) in [7, 11) is 0. The Morgan fingerprint density at radius 2 is 1.50 bits per heavy atom. The smallest absolute Gasteiger partial charge is 0.0351 e. The zero-order chi connectivity index (χ0) is 19.8. The number of hydrogen-bond acceptors (Lipinski definition) is 2. The van der Waals surface area contributed by atoms with Crippen LogP contribution >= 0.6 is 22.7 Å². The minimum atomic E-state index is 0.244. The lowest BCUT2D eigenvalue weighted by Crippen LogP contribution is -2.44. The van der Waals surface area contributed by atoms with Gasteiger partial charge < -0.3 is 0 Å². The second-order valence-electron chi connectivity index (χ2n) is 9.94. The maximum atomic E-state index is 2.58. The molecule has 1 spiro atoms. The highest BCUT2D eigenvalue weighted by atomic mass is 32.1. The van der Waals surface area contributed by atoms with Crippen LogP contribution in [0.3, 0.4) is 0 Å². The monoisotopic (exact) mass is 428 g/mol. The van der Waals surface area contributed by atoms with E-state index in [1.165, 1.54) is 72.6 Å². The lowest BCUT2D eigenvalue weighted by molar-refractivity contribution is 0.118. The molecule has 152 valence electrons. The van der Waals surface area contributed by atoms with Gasteiger partial charge in [0, 0.05) is 30.0 Å². The van der Waals surface area contributed by atoms with Crippen molar-refractivity contribution in [1.29, 1.82) is 0 Å². The minimum Gasteiger partial charge on any atom is -0.139 e. The van der Waals surface area contributed by atoms with Crippen LogP contribution in [0.4, 0.5) is 0 Å². The first kappa shape index (κ1) is 18.0. The van der Waals surface area contributed by atoms with Gasteiger partial charge in [-0.05, 0) is 66.1 Å². The van der Waals surface area contributed by atoms with Crippen molar-refractivity contribution in [3.63, 3.8) is 0 Å². The van der Waals surface area contributed by atoms with Crippen molar-refractivity contribution in [3.8, 4) is 0 Å². The summed E-state index contributed by atoms with van der Waals surface area (Å²) >= 11 is 4.26. The number of benzene rings is 2. The maximum absolute atomic E-state index is 2.58. The lowest BCUT2D eigenvalue weighted by Gasteiger charge is -2.48. The predicted molar refractivity (Wildman–Crippen MR) is 131 cm³/mol. The predicted octanol–water partition coefficient (Wildman–Crippen LogP) is 8.81. The Hall–Kier alpha value is -1.64. The largest absolute Gasteiger partial charge is 0.139 e. The Labute approximate surface area is 186 Å². The number of fused-ring (bicyclic) bond motifs is 8. The third-order valence-electron chi connectivity index (χ3n) is 8.68. The molecule has 0 amide bonds. The Morgan fingerprint density at radius 1 is 0.733 bits per heavy atom.